The maximum Gasteiger partial charge on any atom is 0.180 e. The topological polar surface area (TPSA) is 0 Å². The van der Waals surface area contributed by atoms with Gasteiger partial charge in [0.1, 0.15) is 0 Å². The van der Waals surface area contributed by atoms with Gasteiger partial charge in [-0.3, -0.25) is 0 Å². The molecule has 0 spiro atoms. The van der Waals surface area contributed by atoms with E-state index in [2.05, 4.69) is 194 Å². The Bertz CT molecular complexity index is 4300. The van der Waals surface area contributed by atoms with Gasteiger partial charge in [-0.05, 0) is 229 Å². The molecule has 0 aliphatic carbocycles. The van der Waals surface area contributed by atoms with E-state index in [0.717, 1.165) is 132 Å². The molecule has 14 aromatic carbocycles. The van der Waals surface area contributed by atoms with Crippen molar-refractivity contribution in [1.29, 1.82) is 0 Å². The van der Waals surface area contributed by atoms with Crippen LogP contribution in [0.4, 0.5) is 0 Å². The summed E-state index contributed by atoms with van der Waals surface area (Å²) < 4.78 is -0.750. The molecule has 0 fully saturated rings. The third-order valence-corrected chi connectivity index (χ3v) is 18.3. The standard InChI is InChI=1S/2C38H22Cl4.CHCl3/c2*39-35-19-25-15-31(23-9-3-1-4-10-23)33(17-27(25)21-37(35)41)29-13-7-8-14-30(29)34-18-28-22-38(42)36(40)20-26(28)16-32(34)24-11-5-2-6-12-24;2-1(3)4/h2*1-22H;1H. The van der Waals surface area contributed by atoms with Crippen LogP contribution in [-0.2, 0) is 0 Å². The number of benzene rings is 14. The second kappa shape index (κ2) is 27.2. The zero-order valence-electron chi connectivity index (χ0n) is 46.1. The van der Waals surface area contributed by atoms with Crippen molar-refractivity contribution in [2.45, 2.75) is 4.30 Å². The lowest BCUT2D eigenvalue weighted by atomic mass is 9.84. The highest BCUT2D eigenvalue weighted by Gasteiger charge is 2.21. The van der Waals surface area contributed by atoms with Crippen LogP contribution in [-0.4, -0.2) is 4.30 Å². The summed E-state index contributed by atoms with van der Waals surface area (Å²) in [4.78, 5) is 0. The first-order chi connectivity index (χ1) is 42.6. The number of alkyl halides is 3. The van der Waals surface area contributed by atoms with Gasteiger partial charge < -0.3 is 0 Å². The molecule has 88 heavy (non-hydrogen) atoms. The lowest BCUT2D eigenvalue weighted by Crippen LogP contribution is -1.93. The fourth-order valence-corrected chi connectivity index (χ4v) is 12.8. The van der Waals surface area contributed by atoms with Crippen molar-refractivity contribution >= 4 is 171 Å². The SMILES string of the molecule is ClC(Cl)Cl.Clc1cc2cc(-c3ccccc3)c(-c3ccccc3-c3cc4cc(Cl)c(Cl)cc4cc3-c3ccccc3)cc2cc1Cl.Clc1cc2cc(-c3ccccc3)c(-c3ccccc3-c3cc4cc(Cl)c(Cl)cc4cc3-c3ccccc3)cc2cc1Cl. The van der Waals surface area contributed by atoms with Gasteiger partial charge in [-0.1, -0.05) is 297 Å². The highest BCUT2D eigenvalue weighted by molar-refractivity contribution is 6.63. The van der Waals surface area contributed by atoms with Gasteiger partial charge in [-0.25, -0.2) is 0 Å². The molecule has 0 saturated heterocycles. The van der Waals surface area contributed by atoms with Crippen LogP contribution in [0, 0.1) is 0 Å². The van der Waals surface area contributed by atoms with E-state index in [9.17, 15) is 0 Å². The molecular formula is C77H45Cl11. The normalized spacial score (nSPS) is 11.2. The Morgan fingerprint density at radius 1 is 0.159 bits per heavy atom. The van der Waals surface area contributed by atoms with Crippen LogP contribution in [0.3, 0.4) is 0 Å². The van der Waals surface area contributed by atoms with E-state index in [1.165, 1.54) is 0 Å². The Balaban J connectivity index is 0.000000162. The highest BCUT2D eigenvalue weighted by Crippen LogP contribution is 2.48. The van der Waals surface area contributed by atoms with E-state index in [-0.39, 0.29) is 0 Å². The summed E-state index contributed by atoms with van der Waals surface area (Å²) in [7, 11) is 0. The van der Waals surface area contributed by atoms with E-state index in [0.29, 0.717) is 40.2 Å². The van der Waals surface area contributed by atoms with E-state index in [4.69, 9.17) is 128 Å². The molecule has 0 bridgehead atoms. The first kappa shape index (κ1) is 61.5. The Morgan fingerprint density at radius 2 is 0.295 bits per heavy atom. The number of hydrogen-bond donors (Lipinski definition) is 0. The fourth-order valence-electron chi connectivity index (χ4n) is 11.4. The van der Waals surface area contributed by atoms with Crippen molar-refractivity contribution in [2.24, 2.45) is 0 Å². The number of hydrogen-bond acceptors (Lipinski definition) is 0. The Kier molecular flexibility index (Phi) is 19.0. The third-order valence-electron chi connectivity index (χ3n) is 15.4. The fraction of sp³-hybridized carbons (Fsp3) is 0.0130. The van der Waals surface area contributed by atoms with Gasteiger partial charge >= 0.3 is 0 Å². The molecule has 0 unspecified atom stereocenters. The van der Waals surface area contributed by atoms with Crippen LogP contribution in [0.2, 0.25) is 40.2 Å². The molecule has 0 heterocycles. The lowest BCUT2D eigenvalue weighted by molar-refractivity contribution is 1.57. The minimum Gasteiger partial charge on any atom is -0.0874 e. The first-order valence-corrected chi connectivity index (χ1v) is 32.0. The van der Waals surface area contributed by atoms with Crippen molar-refractivity contribution in [3.8, 4) is 89.0 Å². The maximum atomic E-state index is 6.49. The molecule has 0 aliphatic heterocycles. The molecule has 0 aromatic heterocycles. The van der Waals surface area contributed by atoms with Crippen LogP contribution in [0.1, 0.15) is 0 Å². The summed E-state index contributed by atoms with van der Waals surface area (Å²) >= 11 is 66.1. The molecule has 0 N–H and O–H groups in total. The Morgan fingerprint density at radius 3 is 0.455 bits per heavy atom. The molecule has 0 amide bonds. The van der Waals surface area contributed by atoms with Crippen LogP contribution in [0.15, 0.2) is 267 Å². The van der Waals surface area contributed by atoms with Gasteiger partial charge in [0, 0.05) is 0 Å². The summed E-state index contributed by atoms with van der Waals surface area (Å²) in [6, 6.07) is 92.1. The molecule has 430 valence electrons. The first-order valence-electron chi connectivity index (χ1n) is 27.7. The van der Waals surface area contributed by atoms with Gasteiger partial charge in [0.05, 0.1) is 40.2 Å². The number of rotatable bonds is 8. The van der Waals surface area contributed by atoms with Crippen LogP contribution < -0.4 is 0 Å². The Labute approximate surface area is 565 Å². The van der Waals surface area contributed by atoms with Crippen molar-refractivity contribution in [3.63, 3.8) is 0 Å². The molecule has 0 radical (unpaired) electrons. The zero-order chi connectivity index (χ0) is 61.2. The molecule has 14 aromatic rings. The molecule has 0 nitrogen and oxygen atoms in total. The minimum atomic E-state index is -0.750. The minimum absolute atomic E-state index is 0.535. The summed E-state index contributed by atoms with van der Waals surface area (Å²) in [5, 5.41) is 12.5. The molecule has 14 rings (SSSR count). The average molecular weight is 1360 g/mol. The van der Waals surface area contributed by atoms with Crippen molar-refractivity contribution < 1.29 is 0 Å². The summed E-state index contributed by atoms with van der Waals surface area (Å²) in [5.74, 6) is 0. The van der Waals surface area contributed by atoms with E-state index >= 15 is 0 Å². The monoisotopic (exact) mass is 1350 g/mol. The third kappa shape index (κ3) is 13.3. The van der Waals surface area contributed by atoms with E-state index in [1.807, 2.05) is 72.8 Å². The average Bonchev–Trinajstić information content (AvgIpc) is 1.00. The van der Waals surface area contributed by atoms with E-state index in [1.54, 1.807) is 0 Å². The van der Waals surface area contributed by atoms with Crippen molar-refractivity contribution in [1.82, 2.24) is 0 Å². The second-order valence-electron chi connectivity index (χ2n) is 20.8. The second-order valence-corrected chi connectivity index (χ2v) is 26.1. The van der Waals surface area contributed by atoms with Crippen molar-refractivity contribution in [2.75, 3.05) is 0 Å². The predicted molar refractivity (Wildman–Crippen MR) is 388 cm³/mol. The van der Waals surface area contributed by atoms with Crippen molar-refractivity contribution in [3.05, 3.63) is 307 Å². The molecule has 0 aliphatic rings. The van der Waals surface area contributed by atoms with Gasteiger partial charge in [-0.15, -0.1) is 0 Å². The van der Waals surface area contributed by atoms with Gasteiger partial charge in [-0.2, -0.15) is 0 Å². The predicted octanol–water partition coefficient (Wildman–Crippen LogP) is 28.5. The zero-order valence-corrected chi connectivity index (χ0v) is 54.5. The quantitative estimate of drug-likeness (QED) is 0.133. The van der Waals surface area contributed by atoms with E-state index < -0.39 is 4.30 Å². The number of halogens is 11. The maximum absolute atomic E-state index is 6.49. The molecule has 11 heteroatoms. The van der Waals surface area contributed by atoms with Gasteiger partial charge in [0.2, 0.25) is 0 Å². The summed E-state index contributed by atoms with van der Waals surface area (Å²) in [6.45, 7) is 0. The highest BCUT2D eigenvalue weighted by atomic mass is 35.6. The number of fused-ring (bicyclic) bond motifs is 4. The lowest BCUT2D eigenvalue weighted by Gasteiger charge is -2.19. The van der Waals surface area contributed by atoms with Gasteiger partial charge in [0.25, 0.3) is 0 Å². The van der Waals surface area contributed by atoms with Crippen LogP contribution in [0.5, 0.6) is 0 Å². The van der Waals surface area contributed by atoms with Crippen LogP contribution >= 0.6 is 128 Å². The molecule has 0 atom stereocenters. The molecule has 0 saturated carbocycles. The largest absolute Gasteiger partial charge is 0.180 e. The summed E-state index contributed by atoms with van der Waals surface area (Å²) in [5.41, 5.74) is 17.8. The Hall–Kier alpha value is -6.69. The smallest absolute Gasteiger partial charge is 0.0874 e. The van der Waals surface area contributed by atoms with Gasteiger partial charge in [0.15, 0.2) is 4.30 Å². The van der Waals surface area contributed by atoms with Crippen LogP contribution in [0.25, 0.3) is 132 Å². The summed E-state index contributed by atoms with van der Waals surface area (Å²) in [6.07, 6.45) is 0. The molecular weight excluding hydrogens is 1310 g/mol.